The van der Waals surface area contributed by atoms with Crippen LogP contribution in [0.2, 0.25) is 0 Å². The Bertz CT molecular complexity index is 401. The van der Waals surface area contributed by atoms with Crippen LogP contribution in [0, 0.1) is 6.92 Å². The van der Waals surface area contributed by atoms with Gasteiger partial charge in [-0.15, -0.1) is 0 Å². The Morgan fingerprint density at radius 2 is 2.25 bits per heavy atom. The predicted octanol–water partition coefficient (Wildman–Crippen LogP) is 2.43. The van der Waals surface area contributed by atoms with E-state index in [9.17, 15) is 0 Å². The summed E-state index contributed by atoms with van der Waals surface area (Å²) in [4.78, 5) is 7.31. The Labute approximate surface area is 71.6 Å². The third kappa shape index (κ3) is 0.998. The fourth-order valence-electron chi connectivity index (χ4n) is 1.51. The molecule has 2 heteroatoms. The molecule has 0 radical (unpaired) electrons. The number of hydrogen-bond acceptors (Lipinski definition) is 1. The second-order valence-corrected chi connectivity index (χ2v) is 3.05. The summed E-state index contributed by atoms with van der Waals surface area (Å²) in [7, 11) is 0. The lowest BCUT2D eigenvalue weighted by molar-refractivity contribution is 1.11. The molecule has 0 unspecified atom stereocenters. The van der Waals surface area contributed by atoms with E-state index in [-0.39, 0.29) is 0 Å². The SMILES string of the molecule is CCc1cc2nc[nH]c2cc1C. The van der Waals surface area contributed by atoms with Gasteiger partial charge in [-0.25, -0.2) is 4.98 Å². The topological polar surface area (TPSA) is 28.7 Å². The number of H-pyrrole nitrogens is 1. The zero-order valence-corrected chi connectivity index (χ0v) is 7.39. The van der Waals surface area contributed by atoms with E-state index in [1.807, 2.05) is 0 Å². The first-order chi connectivity index (χ1) is 5.81. The van der Waals surface area contributed by atoms with Gasteiger partial charge < -0.3 is 4.98 Å². The third-order valence-electron chi connectivity index (χ3n) is 2.26. The summed E-state index contributed by atoms with van der Waals surface area (Å²) >= 11 is 0. The molecule has 2 rings (SSSR count). The third-order valence-corrected chi connectivity index (χ3v) is 2.26. The number of fused-ring (bicyclic) bond motifs is 1. The van der Waals surface area contributed by atoms with Crippen molar-refractivity contribution in [2.45, 2.75) is 20.3 Å². The van der Waals surface area contributed by atoms with E-state index < -0.39 is 0 Å². The smallest absolute Gasteiger partial charge is 0.0931 e. The van der Waals surface area contributed by atoms with Crippen LogP contribution in [0.15, 0.2) is 18.5 Å². The Hall–Kier alpha value is -1.31. The van der Waals surface area contributed by atoms with E-state index in [1.165, 1.54) is 11.1 Å². The van der Waals surface area contributed by atoms with Gasteiger partial charge in [0.25, 0.3) is 0 Å². The lowest BCUT2D eigenvalue weighted by Crippen LogP contribution is -1.85. The summed E-state index contributed by atoms with van der Waals surface area (Å²) in [5, 5.41) is 0. The van der Waals surface area contributed by atoms with Crippen molar-refractivity contribution in [1.82, 2.24) is 9.97 Å². The molecule has 1 aromatic carbocycles. The molecule has 1 N–H and O–H groups in total. The second-order valence-electron chi connectivity index (χ2n) is 3.05. The molecule has 2 nitrogen and oxygen atoms in total. The normalized spacial score (nSPS) is 10.8. The summed E-state index contributed by atoms with van der Waals surface area (Å²) in [6.07, 6.45) is 2.82. The van der Waals surface area contributed by atoms with Crippen molar-refractivity contribution >= 4 is 11.0 Å². The number of benzene rings is 1. The molecule has 0 aliphatic carbocycles. The van der Waals surface area contributed by atoms with Crippen LogP contribution in [0.5, 0.6) is 0 Å². The number of rotatable bonds is 1. The fraction of sp³-hybridized carbons (Fsp3) is 0.300. The molecule has 2 aromatic rings. The lowest BCUT2D eigenvalue weighted by atomic mass is 10.1. The van der Waals surface area contributed by atoms with Crippen molar-refractivity contribution in [3.8, 4) is 0 Å². The molecule has 0 saturated heterocycles. The van der Waals surface area contributed by atoms with Crippen LogP contribution in [-0.2, 0) is 6.42 Å². The van der Waals surface area contributed by atoms with Crippen LogP contribution in [0.1, 0.15) is 18.1 Å². The largest absolute Gasteiger partial charge is 0.345 e. The number of aryl methyl sites for hydroxylation is 2. The first kappa shape index (κ1) is 7.35. The van der Waals surface area contributed by atoms with Gasteiger partial charge in [-0.2, -0.15) is 0 Å². The molecule has 62 valence electrons. The standard InChI is InChI=1S/C10H12N2/c1-3-8-5-10-9(4-7(8)2)11-6-12-10/h4-6H,3H2,1-2H3,(H,11,12). The summed E-state index contributed by atoms with van der Waals surface area (Å²) < 4.78 is 0. The molecule has 0 fully saturated rings. The molecule has 0 bridgehead atoms. The molecule has 12 heavy (non-hydrogen) atoms. The Balaban J connectivity index is 2.73. The van der Waals surface area contributed by atoms with Gasteiger partial charge >= 0.3 is 0 Å². The summed E-state index contributed by atoms with van der Waals surface area (Å²) in [6.45, 7) is 4.31. The number of aromatic amines is 1. The van der Waals surface area contributed by atoms with Crippen LogP contribution in [-0.4, -0.2) is 9.97 Å². The number of aromatic nitrogens is 2. The molecule has 1 aromatic heterocycles. The van der Waals surface area contributed by atoms with Gasteiger partial charge in [0.1, 0.15) is 0 Å². The summed E-state index contributed by atoms with van der Waals surface area (Å²) in [5.41, 5.74) is 4.92. The Morgan fingerprint density at radius 3 is 3.00 bits per heavy atom. The number of imidazole rings is 1. The highest BCUT2D eigenvalue weighted by molar-refractivity contribution is 5.76. The van der Waals surface area contributed by atoms with Gasteiger partial charge in [0.05, 0.1) is 17.4 Å². The van der Waals surface area contributed by atoms with Gasteiger partial charge in [0.2, 0.25) is 0 Å². The molecule has 0 aliphatic rings. The quantitative estimate of drug-likeness (QED) is 0.682. The van der Waals surface area contributed by atoms with Gasteiger partial charge in [0.15, 0.2) is 0 Å². The zero-order chi connectivity index (χ0) is 8.55. The van der Waals surface area contributed by atoms with Crippen molar-refractivity contribution < 1.29 is 0 Å². The van der Waals surface area contributed by atoms with E-state index in [0.29, 0.717) is 0 Å². The Morgan fingerprint density at radius 1 is 1.42 bits per heavy atom. The first-order valence-corrected chi connectivity index (χ1v) is 4.24. The highest BCUT2D eigenvalue weighted by Crippen LogP contribution is 2.16. The average Bonchev–Trinajstić information content (AvgIpc) is 2.49. The molecule has 1 heterocycles. The van der Waals surface area contributed by atoms with Gasteiger partial charge in [-0.05, 0) is 36.6 Å². The minimum Gasteiger partial charge on any atom is -0.345 e. The molecule has 0 saturated carbocycles. The van der Waals surface area contributed by atoms with Crippen LogP contribution in [0.25, 0.3) is 11.0 Å². The van der Waals surface area contributed by atoms with Crippen LogP contribution < -0.4 is 0 Å². The molecule has 0 amide bonds. The maximum Gasteiger partial charge on any atom is 0.0931 e. The van der Waals surface area contributed by atoms with E-state index >= 15 is 0 Å². The number of hydrogen-bond donors (Lipinski definition) is 1. The van der Waals surface area contributed by atoms with Gasteiger partial charge in [-0.3, -0.25) is 0 Å². The van der Waals surface area contributed by atoms with Crippen LogP contribution in [0.3, 0.4) is 0 Å². The van der Waals surface area contributed by atoms with Crippen molar-refractivity contribution in [2.24, 2.45) is 0 Å². The second kappa shape index (κ2) is 2.63. The lowest BCUT2D eigenvalue weighted by Gasteiger charge is -2.01. The fourth-order valence-corrected chi connectivity index (χ4v) is 1.51. The minimum absolute atomic E-state index is 1.07. The maximum atomic E-state index is 4.21. The number of nitrogens with zero attached hydrogens (tertiary/aromatic N) is 1. The zero-order valence-electron chi connectivity index (χ0n) is 7.39. The summed E-state index contributed by atoms with van der Waals surface area (Å²) in [5.74, 6) is 0. The van der Waals surface area contributed by atoms with E-state index in [2.05, 4.69) is 35.9 Å². The van der Waals surface area contributed by atoms with Gasteiger partial charge in [0, 0.05) is 0 Å². The monoisotopic (exact) mass is 160 g/mol. The van der Waals surface area contributed by atoms with Crippen molar-refractivity contribution in [3.05, 3.63) is 29.6 Å². The van der Waals surface area contributed by atoms with Crippen molar-refractivity contribution in [2.75, 3.05) is 0 Å². The van der Waals surface area contributed by atoms with E-state index in [0.717, 1.165) is 17.5 Å². The first-order valence-electron chi connectivity index (χ1n) is 4.24. The molecular weight excluding hydrogens is 148 g/mol. The van der Waals surface area contributed by atoms with Crippen LogP contribution >= 0.6 is 0 Å². The highest BCUT2D eigenvalue weighted by Gasteiger charge is 2.00. The average molecular weight is 160 g/mol. The van der Waals surface area contributed by atoms with Crippen molar-refractivity contribution in [1.29, 1.82) is 0 Å². The van der Waals surface area contributed by atoms with Crippen molar-refractivity contribution in [3.63, 3.8) is 0 Å². The molecular formula is C10H12N2. The Kier molecular flexibility index (Phi) is 1.61. The van der Waals surface area contributed by atoms with E-state index in [4.69, 9.17) is 0 Å². The molecule has 0 aliphatic heterocycles. The molecule has 0 atom stereocenters. The van der Waals surface area contributed by atoms with E-state index in [1.54, 1.807) is 6.33 Å². The minimum atomic E-state index is 1.07. The highest BCUT2D eigenvalue weighted by atomic mass is 14.9. The predicted molar refractivity (Wildman–Crippen MR) is 50.2 cm³/mol. The van der Waals surface area contributed by atoms with Gasteiger partial charge in [-0.1, -0.05) is 6.92 Å². The molecule has 0 spiro atoms. The summed E-state index contributed by atoms with van der Waals surface area (Å²) in [6, 6.07) is 4.31. The maximum absolute atomic E-state index is 4.21. The van der Waals surface area contributed by atoms with Crippen LogP contribution in [0.4, 0.5) is 0 Å². The number of nitrogens with one attached hydrogen (secondary N) is 1.